The second-order valence-electron chi connectivity index (χ2n) is 6.19. The molecular formula is C16H19BrClN3. The minimum Gasteiger partial charge on any atom is -0.322 e. The number of rotatable bonds is 2. The van der Waals surface area contributed by atoms with Crippen LogP contribution in [-0.4, -0.2) is 33.6 Å². The molecule has 3 atom stereocenters. The van der Waals surface area contributed by atoms with Gasteiger partial charge in [0.15, 0.2) is 0 Å². The summed E-state index contributed by atoms with van der Waals surface area (Å²) < 4.78 is 3.50. The van der Waals surface area contributed by atoms with Crippen molar-refractivity contribution in [1.82, 2.24) is 14.5 Å². The molecule has 4 rings (SSSR count). The first-order valence-corrected chi connectivity index (χ1v) is 8.93. The van der Waals surface area contributed by atoms with Crippen molar-refractivity contribution in [2.24, 2.45) is 0 Å². The van der Waals surface area contributed by atoms with Crippen molar-refractivity contribution < 1.29 is 0 Å². The molecule has 2 aromatic rings. The van der Waals surface area contributed by atoms with E-state index in [1.54, 1.807) is 0 Å². The van der Waals surface area contributed by atoms with E-state index in [0.717, 1.165) is 15.8 Å². The number of benzene rings is 1. The fourth-order valence-corrected chi connectivity index (χ4v) is 4.58. The summed E-state index contributed by atoms with van der Waals surface area (Å²) >= 11 is 9.97. The van der Waals surface area contributed by atoms with E-state index < -0.39 is 0 Å². The fourth-order valence-electron chi connectivity index (χ4n) is 4.08. The lowest BCUT2D eigenvalue weighted by molar-refractivity contribution is 0.290. The van der Waals surface area contributed by atoms with Crippen LogP contribution >= 0.6 is 27.5 Å². The number of halogens is 2. The van der Waals surface area contributed by atoms with Crippen molar-refractivity contribution in [3.8, 4) is 0 Å². The fraction of sp³-hybridized carbons (Fsp3) is 0.562. The largest absolute Gasteiger partial charge is 0.322 e. The maximum absolute atomic E-state index is 6.43. The van der Waals surface area contributed by atoms with E-state index in [2.05, 4.69) is 43.6 Å². The number of fused-ring (bicyclic) bond motifs is 2. The summed E-state index contributed by atoms with van der Waals surface area (Å²) in [5.41, 5.74) is 2.27. The average molecular weight is 369 g/mol. The molecule has 2 aliphatic heterocycles. The molecule has 0 bridgehead atoms. The molecule has 21 heavy (non-hydrogen) atoms. The van der Waals surface area contributed by atoms with Crippen molar-refractivity contribution in [3.05, 3.63) is 28.5 Å². The molecule has 3 nitrogen and oxygen atoms in total. The standard InChI is InChI=1S/C16H19BrClN3/c1-10(18)16-19-12-9-11(17)4-5-13(12)21(16)15-6-8-20-7-2-3-14(15)20/h4-5,9-10,14-15H,2-3,6-8H2,1H3. The summed E-state index contributed by atoms with van der Waals surface area (Å²) in [5.74, 6) is 1.02. The van der Waals surface area contributed by atoms with Crippen molar-refractivity contribution in [2.45, 2.75) is 43.6 Å². The highest BCUT2D eigenvalue weighted by molar-refractivity contribution is 9.10. The maximum atomic E-state index is 6.43. The van der Waals surface area contributed by atoms with Crippen molar-refractivity contribution in [2.75, 3.05) is 13.1 Å². The van der Waals surface area contributed by atoms with Crippen LogP contribution < -0.4 is 0 Å². The Balaban J connectivity index is 1.88. The Morgan fingerprint density at radius 3 is 2.95 bits per heavy atom. The van der Waals surface area contributed by atoms with E-state index in [-0.39, 0.29) is 5.38 Å². The number of hydrogen-bond donors (Lipinski definition) is 0. The van der Waals surface area contributed by atoms with Crippen LogP contribution in [0.1, 0.15) is 43.4 Å². The van der Waals surface area contributed by atoms with Crippen LogP contribution in [0.3, 0.4) is 0 Å². The molecule has 2 aliphatic rings. The van der Waals surface area contributed by atoms with E-state index >= 15 is 0 Å². The minimum atomic E-state index is -0.0633. The molecule has 3 unspecified atom stereocenters. The minimum absolute atomic E-state index is 0.0633. The number of imidazole rings is 1. The van der Waals surface area contributed by atoms with E-state index in [1.807, 2.05) is 6.92 Å². The molecule has 1 aromatic heterocycles. The van der Waals surface area contributed by atoms with Crippen molar-refractivity contribution in [1.29, 1.82) is 0 Å². The van der Waals surface area contributed by atoms with Gasteiger partial charge in [-0.15, -0.1) is 11.6 Å². The Kier molecular flexibility index (Phi) is 3.51. The third kappa shape index (κ3) is 2.23. The van der Waals surface area contributed by atoms with Gasteiger partial charge in [0.1, 0.15) is 5.82 Å². The van der Waals surface area contributed by atoms with Gasteiger partial charge in [-0.05, 0) is 50.9 Å². The molecule has 2 saturated heterocycles. The van der Waals surface area contributed by atoms with Crippen LogP contribution in [0.2, 0.25) is 0 Å². The first-order valence-electron chi connectivity index (χ1n) is 7.70. The van der Waals surface area contributed by atoms with Gasteiger partial charge in [-0.2, -0.15) is 0 Å². The van der Waals surface area contributed by atoms with Crippen LogP contribution in [0.25, 0.3) is 11.0 Å². The summed E-state index contributed by atoms with van der Waals surface area (Å²) in [6, 6.07) is 7.56. The smallest absolute Gasteiger partial charge is 0.128 e. The van der Waals surface area contributed by atoms with Crippen LogP contribution in [0, 0.1) is 0 Å². The molecule has 1 aromatic carbocycles. The average Bonchev–Trinajstić information content (AvgIpc) is 3.10. The SMILES string of the molecule is CC(Cl)c1nc2cc(Br)ccc2n1C1CCN2CCCC12. The second kappa shape index (κ2) is 5.25. The van der Waals surface area contributed by atoms with Crippen molar-refractivity contribution >= 4 is 38.6 Å². The van der Waals surface area contributed by atoms with Crippen LogP contribution in [-0.2, 0) is 0 Å². The van der Waals surface area contributed by atoms with Gasteiger partial charge in [0.2, 0.25) is 0 Å². The summed E-state index contributed by atoms with van der Waals surface area (Å²) in [4.78, 5) is 7.45. The summed E-state index contributed by atoms with van der Waals surface area (Å²) in [6.07, 6.45) is 3.84. The van der Waals surface area contributed by atoms with Gasteiger partial charge in [-0.3, -0.25) is 4.90 Å². The lowest BCUT2D eigenvalue weighted by Gasteiger charge is -2.24. The number of hydrogen-bond acceptors (Lipinski definition) is 2. The van der Waals surface area contributed by atoms with Gasteiger partial charge in [0.05, 0.1) is 22.5 Å². The van der Waals surface area contributed by atoms with Crippen LogP contribution in [0.5, 0.6) is 0 Å². The zero-order valence-corrected chi connectivity index (χ0v) is 14.4. The number of aromatic nitrogens is 2. The Bertz CT molecular complexity index is 681. The first kappa shape index (κ1) is 14.0. The highest BCUT2D eigenvalue weighted by Gasteiger charge is 2.39. The zero-order valence-electron chi connectivity index (χ0n) is 12.1. The Morgan fingerprint density at radius 2 is 2.14 bits per heavy atom. The molecule has 0 amide bonds. The second-order valence-corrected chi connectivity index (χ2v) is 7.76. The summed E-state index contributed by atoms with van der Waals surface area (Å²) in [5, 5.41) is -0.0633. The molecule has 112 valence electrons. The van der Waals surface area contributed by atoms with E-state index in [0.29, 0.717) is 12.1 Å². The Labute approximate surface area is 138 Å². The number of nitrogens with zero attached hydrogens (tertiary/aromatic N) is 3. The maximum Gasteiger partial charge on any atom is 0.128 e. The zero-order chi connectivity index (χ0) is 14.6. The topological polar surface area (TPSA) is 21.1 Å². The summed E-state index contributed by atoms with van der Waals surface area (Å²) in [7, 11) is 0. The van der Waals surface area contributed by atoms with Gasteiger partial charge in [-0.1, -0.05) is 15.9 Å². The third-order valence-electron chi connectivity index (χ3n) is 4.94. The van der Waals surface area contributed by atoms with E-state index in [1.165, 1.54) is 37.9 Å². The molecular weight excluding hydrogens is 350 g/mol. The first-order chi connectivity index (χ1) is 10.1. The monoisotopic (exact) mass is 367 g/mol. The highest BCUT2D eigenvalue weighted by Crippen LogP contribution is 2.40. The van der Waals surface area contributed by atoms with Crippen molar-refractivity contribution in [3.63, 3.8) is 0 Å². The predicted molar refractivity (Wildman–Crippen MR) is 90.0 cm³/mol. The highest BCUT2D eigenvalue weighted by atomic mass is 79.9. The van der Waals surface area contributed by atoms with Crippen LogP contribution in [0.4, 0.5) is 0 Å². The molecule has 2 fully saturated rings. The molecule has 0 radical (unpaired) electrons. The molecule has 0 N–H and O–H groups in total. The lowest BCUT2D eigenvalue weighted by atomic mass is 10.1. The third-order valence-corrected chi connectivity index (χ3v) is 5.63. The Morgan fingerprint density at radius 1 is 1.29 bits per heavy atom. The molecule has 0 saturated carbocycles. The molecule has 0 spiro atoms. The molecule has 5 heteroatoms. The van der Waals surface area contributed by atoms with Gasteiger partial charge in [-0.25, -0.2) is 4.98 Å². The van der Waals surface area contributed by atoms with E-state index in [4.69, 9.17) is 16.6 Å². The Hall–Kier alpha value is -0.580. The molecule has 3 heterocycles. The lowest BCUT2D eigenvalue weighted by Crippen LogP contribution is -2.28. The summed E-state index contributed by atoms with van der Waals surface area (Å²) in [6.45, 7) is 4.49. The van der Waals surface area contributed by atoms with Gasteiger partial charge >= 0.3 is 0 Å². The quantitative estimate of drug-likeness (QED) is 0.727. The van der Waals surface area contributed by atoms with Gasteiger partial charge in [0, 0.05) is 17.1 Å². The molecule has 0 aliphatic carbocycles. The van der Waals surface area contributed by atoms with Crippen LogP contribution in [0.15, 0.2) is 22.7 Å². The normalized spacial score (nSPS) is 27.4. The van der Waals surface area contributed by atoms with Gasteiger partial charge < -0.3 is 4.57 Å². The predicted octanol–water partition coefficient (Wildman–Crippen LogP) is 4.51. The number of alkyl halides is 1. The van der Waals surface area contributed by atoms with Gasteiger partial charge in [0.25, 0.3) is 0 Å². The van der Waals surface area contributed by atoms with E-state index in [9.17, 15) is 0 Å².